The van der Waals surface area contributed by atoms with E-state index in [-0.39, 0.29) is 11.5 Å². The summed E-state index contributed by atoms with van der Waals surface area (Å²) in [6.07, 6.45) is -0.716. The summed E-state index contributed by atoms with van der Waals surface area (Å²) in [5, 5.41) is 4.25. The summed E-state index contributed by atoms with van der Waals surface area (Å²) in [6, 6.07) is -1.50. The lowest BCUT2D eigenvalue weighted by atomic mass is 10.2. The minimum atomic E-state index is -3.22. The first-order valence-electron chi connectivity index (χ1n) is 6.54. The van der Waals surface area contributed by atoms with E-state index < -0.39 is 44.9 Å². The number of nitrogens with one attached hydrogen (secondary N) is 2. The number of amides is 2. The second kappa shape index (κ2) is 6.39. The second-order valence-electron chi connectivity index (χ2n) is 6.08. The topological polar surface area (TPSA) is 102 Å². The molecule has 0 unspecified atom stereocenters. The van der Waals surface area contributed by atoms with Crippen LogP contribution in [0.4, 0.5) is 4.79 Å². The Morgan fingerprint density at radius 2 is 1.86 bits per heavy atom. The van der Waals surface area contributed by atoms with Crippen molar-refractivity contribution >= 4 is 33.4 Å². The van der Waals surface area contributed by atoms with E-state index in [1.165, 1.54) is 6.92 Å². The van der Waals surface area contributed by atoms with Crippen LogP contribution in [0, 0.1) is 0 Å². The number of hydrogen-bond acceptors (Lipinski definition) is 5. The van der Waals surface area contributed by atoms with Crippen molar-refractivity contribution in [2.24, 2.45) is 0 Å². The van der Waals surface area contributed by atoms with Crippen LogP contribution < -0.4 is 10.6 Å². The van der Waals surface area contributed by atoms with Crippen molar-refractivity contribution in [3.05, 3.63) is 0 Å². The Bertz CT molecular complexity index is 514. The first-order chi connectivity index (χ1) is 9.39. The highest BCUT2D eigenvalue weighted by Gasteiger charge is 2.38. The third-order valence-corrected chi connectivity index (χ3v) is 5.11. The van der Waals surface area contributed by atoms with Gasteiger partial charge < -0.3 is 15.4 Å². The summed E-state index contributed by atoms with van der Waals surface area (Å²) < 4.78 is 27.9. The Morgan fingerprint density at radius 1 is 1.29 bits per heavy atom. The predicted molar refractivity (Wildman–Crippen MR) is 79.1 cm³/mol. The molecule has 0 radical (unpaired) electrons. The average Bonchev–Trinajstić information content (AvgIpc) is 2.48. The van der Waals surface area contributed by atoms with E-state index in [9.17, 15) is 18.0 Å². The molecule has 1 heterocycles. The van der Waals surface area contributed by atoms with E-state index in [2.05, 4.69) is 10.6 Å². The Hall–Kier alpha value is -1.02. The molecule has 2 amide bonds. The number of ether oxygens (including phenoxy) is 1. The monoisotopic (exact) mass is 340 g/mol. The van der Waals surface area contributed by atoms with Gasteiger partial charge in [-0.05, 0) is 27.7 Å². The fraction of sp³-hybridized carbons (Fsp3) is 0.833. The van der Waals surface area contributed by atoms with Crippen molar-refractivity contribution in [2.75, 3.05) is 11.5 Å². The maximum atomic E-state index is 11.9. The van der Waals surface area contributed by atoms with Gasteiger partial charge in [0.25, 0.3) is 0 Å². The third kappa shape index (κ3) is 6.09. The van der Waals surface area contributed by atoms with Crippen LogP contribution in [0.3, 0.4) is 0 Å². The summed E-state index contributed by atoms with van der Waals surface area (Å²) in [7, 11) is -3.22. The van der Waals surface area contributed by atoms with Crippen molar-refractivity contribution in [3.63, 3.8) is 0 Å². The molecule has 0 saturated carbocycles. The van der Waals surface area contributed by atoms with Gasteiger partial charge in [-0.1, -0.05) is 0 Å². The zero-order valence-corrected chi connectivity index (χ0v) is 14.0. The van der Waals surface area contributed by atoms with Crippen LogP contribution in [-0.4, -0.2) is 55.0 Å². The fourth-order valence-electron chi connectivity index (χ4n) is 1.79. The van der Waals surface area contributed by atoms with Crippen LogP contribution >= 0.6 is 11.6 Å². The second-order valence-corrected chi connectivity index (χ2v) is 8.79. The van der Waals surface area contributed by atoms with Gasteiger partial charge in [-0.3, -0.25) is 4.79 Å². The molecule has 0 bridgehead atoms. The van der Waals surface area contributed by atoms with Gasteiger partial charge in [0.15, 0.2) is 9.84 Å². The van der Waals surface area contributed by atoms with Gasteiger partial charge in [-0.15, -0.1) is 11.6 Å². The standard InChI is InChI=1S/C12H21ClN2O5S/c1-7(14-11(17)20-12(2,3)4)10(16)15-9-6-21(18,19)5-8(9)13/h7-9H,5-6H2,1-4H3,(H,14,17)(H,15,16)/t7-,8+,9+/m1/s1. The smallest absolute Gasteiger partial charge is 0.408 e. The number of alkyl halides is 1. The fourth-order valence-corrected chi connectivity index (χ4v) is 4.34. The number of carbonyl (C=O) groups is 2. The lowest BCUT2D eigenvalue weighted by molar-refractivity contribution is -0.123. The average molecular weight is 341 g/mol. The van der Waals surface area contributed by atoms with Gasteiger partial charge in [0.1, 0.15) is 11.6 Å². The molecule has 0 aromatic heterocycles. The molecular weight excluding hydrogens is 320 g/mol. The van der Waals surface area contributed by atoms with E-state index in [1.54, 1.807) is 20.8 Å². The molecular formula is C12H21ClN2O5S. The molecule has 0 aliphatic carbocycles. The molecule has 2 N–H and O–H groups in total. The summed E-state index contributed by atoms with van der Waals surface area (Å²) >= 11 is 5.90. The van der Waals surface area contributed by atoms with Gasteiger partial charge in [0.05, 0.1) is 22.9 Å². The lowest BCUT2D eigenvalue weighted by Crippen LogP contribution is -2.51. The normalized spacial score (nSPS) is 26.0. The van der Waals surface area contributed by atoms with Gasteiger partial charge in [-0.25, -0.2) is 13.2 Å². The van der Waals surface area contributed by atoms with Gasteiger partial charge in [0.2, 0.25) is 5.91 Å². The largest absolute Gasteiger partial charge is 0.444 e. The van der Waals surface area contributed by atoms with Crippen molar-refractivity contribution in [2.45, 2.75) is 50.8 Å². The van der Waals surface area contributed by atoms with Crippen LogP contribution in [0.15, 0.2) is 0 Å². The quantitative estimate of drug-likeness (QED) is 0.725. The highest BCUT2D eigenvalue weighted by Crippen LogP contribution is 2.18. The molecule has 0 spiro atoms. The molecule has 1 rings (SSSR count). The Morgan fingerprint density at radius 3 is 2.29 bits per heavy atom. The van der Waals surface area contributed by atoms with E-state index in [1.807, 2.05) is 0 Å². The number of carbonyl (C=O) groups excluding carboxylic acids is 2. The molecule has 3 atom stereocenters. The van der Waals surface area contributed by atoms with Crippen molar-refractivity contribution in [1.29, 1.82) is 0 Å². The molecule has 21 heavy (non-hydrogen) atoms. The van der Waals surface area contributed by atoms with E-state index in [4.69, 9.17) is 16.3 Å². The van der Waals surface area contributed by atoms with Crippen LogP contribution in [0.2, 0.25) is 0 Å². The summed E-state index contributed by atoms with van der Waals surface area (Å²) in [6.45, 7) is 6.60. The SMILES string of the molecule is C[C@@H](NC(=O)OC(C)(C)C)C(=O)N[C@H]1CS(=O)(=O)C[C@@H]1Cl. The molecule has 0 aromatic rings. The van der Waals surface area contributed by atoms with Crippen LogP contribution in [0.25, 0.3) is 0 Å². The minimum absolute atomic E-state index is 0.159. The van der Waals surface area contributed by atoms with Crippen LogP contribution in [0.1, 0.15) is 27.7 Å². The third-order valence-electron chi connectivity index (χ3n) is 2.74. The van der Waals surface area contributed by atoms with Crippen molar-refractivity contribution in [3.8, 4) is 0 Å². The maximum Gasteiger partial charge on any atom is 0.408 e. The maximum absolute atomic E-state index is 11.9. The van der Waals surface area contributed by atoms with Gasteiger partial charge in [-0.2, -0.15) is 0 Å². The number of rotatable bonds is 3. The predicted octanol–water partition coefficient (Wildman–Crippen LogP) is 0.420. The molecule has 9 heteroatoms. The van der Waals surface area contributed by atoms with E-state index >= 15 is 0 Å². The first kappa shape index (κ1) is 18.0. The van der Waals surface area contributed by atoms with E-state index in [0.29, 0.717) is 0 Å². The summed E-state index contributed by atoms with van der Waals surface area (Å²) in [4.78, 5) is 23.5. The lowest BCUT2D eigenvalue weighted by Gasteiger charge is -2.22. The molecule has 1 aliphatic rings. The zero-order chi connectivity index (χ0) is 16.4. The summed E-state index contributed by atoms with van der Waals surface area (Å²) in [5.74, 6) is -0.854. The van der Waals surface area contributed by atoms with Crippen LogP contribution in [0.5, 0.6) is 0 Å². The van der Waals surface area contributed by atoms with Gasteiger partial charge >= 0.3 is 6.09 Å². The van der Waals surface area contributed by atoms with Crippen LogP contribution in [-0.2, 0) is 19.4 Å². The molecule has 7 nitrogen and oxygen atoms in total. The number of hydrogen-bond donors (Lipinski definition) is 2. The Kier molecular flexibility index (Phi) is 5.49. The highest BCUT2D eigenvalue weighted by molar-refractivity contribution is 7.91. The highest BCUT2D eigenvalue weighted by atomic mass is 35.5. The molecule has 122 valence electrons. The van der Waals surface area contributed by atoms with Crippen molar-refractivity contribution in [1.82, 2.24) is 10.6 Å². The van der Waals surface area contributed by atoms with E-state index in [0.717, 1.165) is 0 Å². The first-order valence-corrected chi connectivity index (χ1v) is 8.80. The Labute approximate surface area is 129 Å². The van der Waals surface area contributed by atoms with Gasteiger partial charge in [0, 0.05) is 0 Å². The number of sulfone groups is 1. The number of halogens is 1. The molecule has 0 aromatic carbocycles. The minimum Gasteiger partial charge on any atom is -0.444 e. The zero-order valence-electron chi connectivity index (χ0n) is 12.5. The molecule has 1 aliphatic heterocycles. The molecule has 1 fully saturated rings. The summed E-state index contributed by atoms with van der Waals surface area (Å²) in [5.41, 5.74) is -0.666. The number of alkyl carbamates (subject to hydrolysis) is 1. The van der Waals surface area contributed by atoms with Crippen molar-refractivity contribution < 1.29 is 22.7 Å². The Balaban J connectivity index is 2.50. The molecule has 1 saturated heterocycles.